The zero-order chi connectivity index (χ0) is 11.7. The highest BCUT2D eigenvalue weighted by atomic mass is 16.7. The van der Waals surface area contributed by atoms with Crippen molar-refractivity contribution < 1.29 is 14.3 Å². The smallest absolute Gasteiger partial charge is 0.161 e. The molecule has 0 unspecified atom stereocenters. The third-order valence-corrected chi connectivity index (χ3v) is 1.92. The molecule has 0 radical (unpaired) electrons. The molecule has 1 rings (SSSR count). The number of benzene rings is 1. The number of aldehydes is 1. The highest BCUT2D eigenvalue weighted by Crippen LogP contribution is 2.05. The van der Waals surface area contributed by atoms with E-state index in [9.17, 15) is 4.79 Å². The third kappa shape index (κ3) is 6.82. The highest BCUT2D eigenvalue weighted by molar-refractivity contribution is 5.74. The van der Waals surface area contributed by atoms with Gasteiger partial charge in [0.2, 0.25) is 0 Å². The zero-order valence-electron chi connectivity index (χ0n) is 9.69. The lowest BCUT2D eigenvalue weighted by Gasteiger charge is -2.19. The molecule has 1 aromatic carbocycles. The standard InChI is InChI=1S/C7H6O.C5H12O2/c8-6-7-4-2-1-3-5-7;1-5(2,6-3)7-4/h1-6H;1-4H3. The first-order valence-corrected chi connectivity index (χ1v) is 4.66. The molecule has 0 saturated carbocycles. The summed E-state index contributed by atoms with van der Waals surface area (Å²) in [7, 11) is 3.23. The van der Waals surface area contributed by atoms with Crippen LogP contribution in [-0.4, -0.2) is 26.3 Å². The van der Waals surface area contributed by atoms with Crippen molar-refractivity contribution in [3.63, 3.8) is 0 Å². The van der Waals surface area contributed by atoms with E-state index in [1.165, 1.54) is 0 Å². The van der Waals surface area contributed by atoms with Crippen LogP contribution in [0.25, 0.3) is 0 Å². The third-order valence-electron chi connectivity index (χ3n) is 1.92. The van der Waals surface area contributed by atoms with Gasteiger partial charge >= 0.3 is 0 Å². The first-order chi connectivity index (χ1) is 7.05. The molecule has 0 bridgehead atoms. The lowest BCUT2D eigenvalue weighted by atomic mass is 10.2. The van der Waals surface area contributed by atoms with Crippen LogP contribution in [0.15, 0.2) is 30.3 Å². The Labute approximate surface area is 91.0 Å². The molecule has 0 aliphatic rings. The first-order valence-electron chi connectivity index (χ1n) is 4.66. The number of hydrogen-bond donors (Lipinski definition) is 0. The molecule has 0 saturated heterocycles. The highest BCUT2D eigenvalue weighted by Gasteiger charge is 2.11. The lowest BCUT2D eigenvalue weighted by molar-refractivity contribution is -0.178. The molecule has 84 valence electrons. The minimum absolute atomic E-state index is 0.417. The monoisotopic (exact) mass is 210 g/mol. The molecule has 15 heavy (non-hydrogen) atoms. The maximum Gasteiger partial charge on any atom is 0.161 e. The van der Waals surface area contributed by atoms with E-state index in [0.717, 1.165) is 11.8 Å². The predicted octanol–water partition coefficient (Wildman–Crippen LogP) is 2.51. The fourth-order valence-corrected chi connectivity index (χ4v) is 0.615. The number of carbonyl (C=O) groups is 1. The van der Waals surface area contributed by atoms with Gasteiger partial charge in [0, 0.05) is 19.8 Å². The van der Waals surface area contributed by atoms with E-state index in [1.54, 1.807) is 26.4 Å². The van der Waals surface area contributed by atoms with E-state index in [4.69, 9.17) is 9.47 Å². The van der Waals surface area contributed by atoms with Crippen LogP contribution in [0.2, 0.25) is 0 Å². The average Bonchev–Trinajstić information content (AvgIpc) is 2.31. The number of ether oxygens (including phenoxy) is 2. The molecule has 0 fully saturated rings. The van der Waals surface area contributed by atoms with Crippen molar-refractivity contribution in [2.75, 3.05) is 14.2 Å². The molecule has 0 aromatic heterocycles. The number of methoxy groups -OCH3 is 2. The minimum Gasteiger partial charge on any atom is -0.354 e. The van der Waals surface area contributed by atoms with Crippen LogP contribution in [0, 0.1) is 0 Å². The summed E-state index contributed by atoms with van der Waals surface area (Å²) in [6, 6.07) is 9.10. The first kappa shape index (κ1) is 13.8. The van der Waals surface area contributed by atoms with Crippen LogP contribution in [0.5, 0.6) is 0 Å². The summed E-state index contributed by atoms with van der Waals surface area (Å²) in [5.74, 6) is -0.417. The predicted molar refractivity (Wildman–Crippen MR) is 59.9 cm³/mol. The number of hydrogen-bond acceptors (Lipinski definition) is 3. The molecular weight excluding hydrogens is 192 g/mol. The second-order valence-corrected chi connectivity index (χ2v) is 3.34. The van der Waals surface area contributed by atoms with E-state index in [1.807, 2.05) is 32.0 Å². The van der Waals surface area contributed by atoms with Crippen molar-refractivity contribution in [2.24, 2.45) is 0 Å². The van der Waals surface area contributed by atoms with E-state index in [0.29, 0.717) is 0 Å². The number of rotatable bonds is 3. The fraction of sp³-hybridized carbons (Fsp3) is 0.417. The SMILES string of the molecule is COC(C)(C)OC.O=Cc1ccccc1. The Kier molecular flexibility index (Phi) is 6.58. The van der Waals surface area contributed by atoms with Gasteiger partial charge in [0.1, 0.15) is 6.29 Å². The normalized spacial score (nSPS) is 10.1. The molecular formula is C12H18O3. The maximum atomic E-state index is 10.0. The Morgan fingerprint density at radius 1 is 1.07 bits per heavy atom. The Morgan fingerprint density at radius 2 is 1.53 bits per heavy atom. The van der Waals surface area contributed by atoms with Gasteiger partial charge in [-0.3, -0.25) is 4.79 Å². The Hall–Kier alpha value is -1.19. The van der Waals surface area contributed by atoms with Gasteiger partial charge in [-0.05, 0) is 13.8 Å². The van der Waals surface area contributed by atoms with Crippen LogP contribution >= 0.6 is 0 Å². The molecule has 0 amide bonds. The van der Waals surface area contributed by atoms with Crippen LogP contribution in [-0.2, 0) is 9.47 Å². The van der Waals surface area contributed by atoms with E-state index >= 15 is 0 Å². The Bertz CT molecular complexity index is 261. The molecule has 0 spiro atoms. The molecule has 3 nitrogen and oxygen atoms in total. The molecule has 0 heterocycles. The Balaban J connectivity index is 0.000000265. The van der Waals surface area contributed by atoms with Gasteiger partial charge in [-0.15, -0.1) is 0 Å². The Morgan fingerprint density at radius 3 is 1.73 bits per heavy atom. The summed E-state index contributed by atoms with van der Waals surface area (Å²) in [6.45, 7) is 3.71. The summed E-state index contributed by atoms with van der Waals surface area (Å²) in [6.07, 6.45) is 0.833. The summed E-state index contributed by atoms with van der Waals surface area (Å²) in [5.41, 5.74) is 0.729. The molecule has 0 atom stereocenters. The van der Waals surface area contributed by atoms with Crippen molar-refractivity contribution in [1.29, 1.82) is 0 Å². The quantitative estimate of drug-likeness (QED) is 0.568. The molecule has 0 aliphatic carbocycles. The van der Waals surface area contributed by atoms with Gasteiger partial charge in [-0.2, -0.15) is 0 Å². The van der Waals surface area contributed by atoms with Crippen molar-refractivity contribution in [1.82, 2.24) is 0 Å². The second kappa shape index (κ2) is 7.15. The maximum absolute atomic E-state index is 10.0. The molecule has 1 aromatic rings. The van der Waals surface area contributed by atoms with Crippen LogP contribution in [0.4, 0.5) is 0 Å². The molecule has 3 heteroatoms. The minimum atomic E-state index is -0.417. The van der Waals surface area contributed by atoms with Crippen molar-refractivity contribution in [3.05, 3.63) is 35.9 Å². The fourth-order valence-electron chi connectivity index (χ4n) is 0.615. The van der Waals surface area contributed by atoms with Crippen LogP contribution in [0.1, 0.15) is 24.2 Å². The van der Waals surface area contributed by atoms with Crippen LogP contribution in [0.3, 0.4) is 0 Å². The van der Waals surface area contributed by atoms with Crippen molar-refractivity contribution in [3.8, 4) is 0 Å². The summed E-state index contributed by atoms with van der Waals surface area (Å²) in [4.78, 5) is 10.0. The second-order valence-electron chi connectivity index (χ2n) is 3.34. The van der Waals surface area contributed by atoms with Gasteiger partial charge < -0.3 is 9.47 Å². The van der Waals surface area contributed by atoms with Crippen LogP contribution < -0.4 is 0 Å². The van der Waals surface area contributed by atoms with Crippen molar-refractivity contribution in [2.45, 2.75) is 19.6 Å². The van der Waals surface area contributed by atoms with Crippen molar-refractivity contribution >= 4 is 6.29 Å². The summed E-state index contributed by atoms with van der Waals surface area (Å²) in [5, 5.41) is 0. The average molecular weight is 210 g/mol. The molecule has 0 N–H and O–H groups in total. The van der Waals surface area contributed by atoms with Gasteiger partial charge in [-0.1, -0.05) is 30.3 Å². The summed E-state index contributed by atoms with van der Waals surface area (Å²) < 4.78 is 9.73. The van der Waals surface area contributed by atoms with E-state index in [2.05, 4.69) is 0 Å². The number of carbonyl (C=O) groups excluding carboxylic acids is 1. The largest absolute Gasteiger partial charge is 0.354 e. The summed E-state index contributed by atoms with van der Waals surface area (Å²) >= 11 is 0. The zero-order valence-corrected chi connectivity index (χ0v) is 9.69. The van der Waals surface area contributed by atoms with Gasteiger partial charge in [0.05, 0.1) is 0 Å². The lowest BCUT2D eigenvalue weighted by Crippen LogP contribution is -2.24. The molecule has 0 aliphatic heterocycles. The van der Waals surface area contributed by atoms with E-state index in [-0.39, 0.29) is 0 Å². The van der Waals surface area contributed by atoms with Gasteiger partial charge in [0.15, 0.2) is 5.79 Å². The topological polar surface area (TPSA) is 35.5 Å². The van der Waals surface area contributed by atoms with Gasteiger partial charge in [-0.25, -0.2) is 0 Å². The van der Waals surface area contributed by atoms with Gasteiger partial charge in [0.25, 0.3) is 0 Å². The van der Waals surface area contributed by atoms with E-state index < -0.39 is 5.79 Å².